The quantitative estimate of drug-likeness (QED) is 0.773. The molecular weight excluding hydrogens is 220 g/mol. The van der Waals surface area contributed by atoms with Crippen molar-refractivity contribution in [2.24, 2.45) is 0 Å². The summed E-state index contributed by atoms with van der Waals surface area (Å²) in [5.74, 6) is 0.512. The fraction of sp³-hybridized carbons (Fsp3) is 0.500. The fourth-order valence-corrected chi connectivity index (χ4v) is 2.30. The van der Waals surface area contributed by atoms with Crippen molar-refractivity contribution in [1.82, 2.24) is 5.32 Å². The molecule has 3 nitrogen and oxygen atoms in total. The van der Waals surface area contributed by atoms with E-state index in [1.807, 2.05) is 0 Å². The SMILES string of the molecule is Nc1coc(Br)c1C1CCNC1. The van der Waals surface area contributed by atoms with Crippen LogP contribution in [0.15, 0.2) is 15.3 Å². The van der Waals surface area contributed by atoms with Crippen molar-refractivity contribution >= 4 is 21.6 Å². The van der Waals surface area contributed by atoms with Gasteiger partial charge in [-0.15, -0.1) is 0 Å². The Morgan fingerprint density at radius 3 is 3.00 bits per heavy atom. The van der Waals surface area contributed by atoms with Crippen molar-refractivity contribution in [3.05, 3.63) is 16.5 Å². The van der Waals surface area contributed by atoms with E-state index in [-0.39, 0.29) is 0 Å². The molecule has 1 aromatic heterocycles. The maximum absolute atomic E-state index is 5.77. The van der Waals surface area contributed by atoms with E-state index in [1.54, 1.807) is 6.26 Å². The Hall–Kier alpha value is -0.480. The highest BCUT2D eigenvalue weighted by Gasteiger charge is 2.23. The fourth-order valence-electron chi connectivity index (χ4n) is 1.65. The van der Waals surface area contributed by atoms with Crippen LogP contribution in [0.5, 0.6) is 0 Å². The number of hydrogen-bond donors (Lipinski definition) is 2. The molecule has 4 heteroatoms. The Morgan fingerprint density at radius 1 is 1.67 bits per heavy atom. The van der Waals surface area contributed by atoms with Crippen LogP contribution in [-0.4, -0.2) is 13.1 Å². The number of halogens is 1. The molecule has 3 N–H and O–H groups in total. The highest BCUT2D eigenvalue weighted by molar-refractivity contribution is 9.10. The summed E-state index contributed by atoms with van der Waals surface area (Å²) in [5.41, 5.74) is 7.65. The van der Waals surface area contributed by atoms with Crippen molar-refractivity contribution < 1.29 is 4.42 Å². The molecular formula is C8H11BrN2O. The molecule has 0 saturated carbocycles. The second-order valence-electron chi connectivity index (χ2n) is 3.07. The third-order valence-electron chi connectivity index (χ3n) is 2.28. The van der Waals surface area contributed by atoms with Gasteiger partial charge in [-0.2, -0.15) is 0 Å². The molecule has 2 heterocycles. The summed E-state index contributed by atoms with van der Waals surface area (Å²) in [5, 5.41) is 3.30. The van der Waals surface area contributed by atoms with Gasteiger partial charge in [-0.25, -0.2) is 0 Å². The Kier molecular flexibility index (Phi) is 2.11. The highest BCUT2D eigenvalue weighted by Crippen LogP contribution is 2.34. The van der Waals surface area contributed by atoms with E-state index in [4.69, 9.17) is 10.2 Å². The minimum Gasteiger partial charge on any atom is -0.455 e. The first-order chi connectivity index (χ1) is 5.79. The second kappa shape index (κ2) is 3.11. The van der Waals surface area contributed by atoms with Gasteiger partial charge >= 0.3 is 0 Å². The van der Waals surface area contributed by atoms with Crippen LogP contribution in [0.4, 0.5) is 5.69 Å². The molecule has 1 aliphatic rings. The molecule has 0 bridgehead atoms. The van der Waals surface area contributed by atoms with Gasteiger partial charge < -0.3 is 15.5 Å². The van der Waals surface area contributed by atoms with Crippen molar-refractivity contribution in [3.8, 4) is 0 Å². The number of anilines is 1. The first kappa shape index (κ1) is 8.13. The molecule has 0 aromatic carbocycles. The lowest BCUT2D eigenvalue weighted by atomic mass is 10.0. The van der Waals surface area contributed by atoms with Gasteiger partial charge in [0, 0.05) is 18.0 Å². The van der Waals surface area contributed by atoms with Gasteiger partial charge in [0.05, 0.1) is 5.69 Å². The van der Waals surface area contributed by atoms with Gasteiger partial charge in [-0.3, -0.25) is 0 Å². The molecule has 1 aromatic rings. The van der Waals surface area contributed by atoms with Crippen LogP contribution in [0.3, 0.4) is 0 Å². The molecule has 0 spiro atoms. The number of hydrogen-bond acceptors (Lipinski definition) is 3. The zero-order chi connectivity index (χ0) is 8.55. The molecule has 1 fully saturated rings. The van der Waals surface area contributed by atoms with Crippen LogP contribution in [0.25, 0.3) is 0 Å². The summed E-state index contributed by atoms with van der Waals surface area (Å²) in [6, 6.07) is 0. The van der Waals surface area contributed by atoms with Gasteiger partial charge in [-0.1, -0.05) is 0 Å². The minimum absolute atomic E-state index is 0.512. The van der Waals surface area contributed by atoms with E-state index in [1.165, 1.54) is 0 Å². The summed E-state index contributed by atoms with van der Waals surface area (Å²) in [6.07, 6.45) is 2.74. The van der Waals surface area contributed by atoms with Crippen molar-refractivity contribution in [2.45, 2.75) is 12.3 Å². The van der Waals surface area contributed by atoms with E-state index in [2.05, 4.69) is 21.2 Å². The highest BCUT2D eigenvalue weighted by atomic mass is 79.9. The predicted molar refractivity (Wildman–Crippen MR) is 51.0 cm³/mol. The molecule has 12 heavy (non-hydrogen) atoms. The summed E-state index contributed by atoms with van der Waals surface area (Å²) >= 11 is 3.35. The Bertz CT molecular complexity index is 259. The molecule has 0 radical (unpaired) electrons. The van der Waals surface area contributed by atoms with E-state index in [9.17, 15) is 0 Å². The van der Waals surface area contributed by atoms with E-state index in [0.29, 0.717) is 5.92 Å². The normalized spacial score (nSPS) is 23.2. The molecule has 0 amide bonds. The topological polar surface area (TPSA) is 51.2 Å². The molecule has 0 aliphatic carbocycles. The Morgan fingerprint density at radius 2 is 2.50 bits per heavy atom. The molecule has 1 aliphatic heterocycles. The number of nitrogens with one attached hydrogen (secondary N) is 1. The van der Waals surface area contributed by atoms with Crippen molar-refractivity contribution in [2.75, 3.05) is 18.8 Å². The van der Waals surface area contributed by atoms with E-state index < -0.39 is 0 Å². The Balaban J connectivity index is 2.30. The third-order valence-corrected chi connectivity index (χ3v) is 2.89. The maximum Gasteiger partial charge on any atom is 0.174 e. The second-order valence-corrected chi connectivity index (χ2v) is 3.79. The Labute approximate surface area is 79.4 Å². The number of nitrogens with two attached hydrogens (primary N) is 1. The minimum atomic E-state index is 0.512. The molecule has 1 saturated heterocycles. The average molecular weight is 231 g/mol. The van der Waals surface area contributed by atoms with E-state index in [0.717, 1.165) is 35.4 Å². The van der Waals surface area contributed by atoms with Crippen LogP contribution in [0, 0.1) is 0 Å². The first-order valence-corrected chi connectivity index (χ1v) is 4.81. The molecule has 1 unspecified atom stereocenters. The molecule has 2 rings (SSSR count). The summed E-state index contributed by atoms with van der Waals surface area (Å²) in [7, 11) is 0. The standard InChI is InChI=1S/C8H11BrN2O/c9-8-7(6(10)4-12-8)5-1-2-11-3-5/h4-5,11H,1-3,10H2. The maximum atomic E-state index is 5.77. The van der Waals surface area contributed by atoms with Gasteiger partial charge in [-0.05, 0) is 28.9 Å². The van der Waals surface area contributed by atoms with Crippen LogP contribution >= 0.6 is 15.9 Å². The average Bonchev–Trinajstić information content (AvgIpc) is 2.61. The molecule has 66 valence electrons. The lowest BCUT2D eigenvalue weighted by Crippen LogP contribution is -2.08. The number of nitrogen functional groups attached to an aromatic ring is 1. The smallest absolute Gasteiger partial charge is 0.174 e. The zero-order valence-electron chi connectivity index (χ0n) is 6.64. The van der Waals surface area contributed by atoms with Crippen LogP contribution < -0.4 is 11.1 Å². The van der Waals surface area contributed by atoms with Gasteiger partial charge in [0.2, 0.25) is 0 Å². The summed E-state index contributed by atoms with van der Waals surface area (Å²) in [6.45, 7) is 2.07. The van der Waals surface area contributed by atoms with Crippen molar-refractivity contribution in [3.63, 3.8) is 0 Å². The number of rotatable bonds is 1. The zero-order valence-corrected chi connectivity index (χ0v) is 8.23. The van der Waals surface area contributed by atoms with Crippen LogP contribution in [0.1, 0.15) is 17.9 Å². The predicted octanol–water partition coefficient (Wildman–Crippen LogP) is 1.70. The van der Waals surface area contributed by atoms with Gasteiger partial charge in [0.1, 0.15) is 6.26 Å². The van der Waals surface area contributed by atoms with Crippen LogP contribution in [0.2, 0.25) is 0 Å². The largest absolute Gasteiger partial charge is 0.455 e. The molecule has 1 atom stereocenters. The van der Waals surface area contributed by atoms with E-state index >= 15 is 0 Å². The van der Waals surface area contributed by atoms with Gasteiger partial charge in [0.15, 0.2) is 4.67 Å². The summed E-state index contributed by atoms with van der Waals surface area (Å²) in [4.78, 5) is 0. The monoisotopic (exact) mass is 230 g/mol. The number of furan rings is 1. The van der Waals surface area contributed by atoms with Crippen molar-refractivity contribution in [1.29, 1.82) is 0 Å². The van der Waals surface area contributed by atoms with Crippen LogP contribution in [-0.2, 0) is 0 Å². The third kappa shape index (κ3) is 1.25. The lowest BCUT2D eigenvalue weighted by molar-refractivity contribution is 0.533. The first-order valence-electron chi connectivity index (χ1n) is 4.02. The lowest BCUT2D eigenvalue weighted by Gasteiger charge is -2.06. The van der Waals surface area contributed by atoms with Gasteiger partial charge in [0.25, 0.3) is 0 Å². The summed E-state index contributed by atoms with van der Waals surface area (Å²) < 4.78 is 5.96.